The quantitative estimate of drug-likeness (QED) is 0.727. The predicted octanol–water partition coefficient (Wildman–Crippen LogP) is -0.984. The Morgan fingerprint density at radius 1 is 1.63 bits per heavy atom. The highest BCUT2D eigenvalue weighted by Crippen LogP contribution is 2.08. The summed E-state index contributed by atoms with van der Waals surface area (Å²) in [7, 11) is 1.25. The molecule has 0 aliphatic carbocycles. The number of methoxy groups -OCH3 is 1. The minimum absolute atomic E-state index is 0.0234. The fraction of sp³-hybridized carbons (Fsp3) is 0.600. The Hall–Kier alpha value is -2.16. The van der Waals surface area contributed by atoms with Gasteiger partial charge >= 0.3 is 6.09 Å². The number of likely N-dealkylation sites (tertiary alicyclic amines) is 1. The van der Waals surface area contributed by atoms with Gasteiger partial charge in [0.05, 0.1) is 13.3 Å². The van der Waals surface area contributed by atoms with Crippen LogP contribution in [0.1, 0.15) is 6.42 Å². The Kier molecular flexibility index (Phi) is 3.95. The number of hydrogen-bond donors (Lipinski definition) is 2. The molecule has 1 unspecified atom stereocenters. The molecule has 1 saturated heterocycles. The lowest BCUT2D eigenvalue weighted by molar-refractivity contribution is -0.131. The number of carbonyl (C=O) groups is 2. The number of rotatable bonds is 3. The first-order valence-corrected chi connectivity index (χ1v) is 5.87. The first-order valence-electron chi connectivity index (χ1n) is 5.87. The second-order valence-electron chi connectivity index (χ2n) is 4.27. The fourth-order valence-corrected chi connectivity index (χ4v) is 1.82. The lowest BCUT2D eigenvalue weighted by Crippen LogP contribution is -2.34. The van der Waals surface area contributed by atoms with Crippen molar-refractivity contribution in [3.05, 3.63) is 6.20 Å². The van der Waals surface area contributed by atoms with Gasteiger partial charge in [-0.25, -0.2) is 4.79 Å². The SMILES string of the molecule is COC(=O)Nc1cnn(CC(=O)N2CCC(N)C2)n1. The van der Waals surface area contributed by atoms with Crippen LogP contribution >= 0.6 is 0 Å². The minimum atomic E-state index is -0.635. The summed E-state index contributed by atoms with van der Waals surface area (Å²) in [5, 5.41) is 10.2. The van der Waals surface area contributed by atoms with Crippen molar-refractivity contribution in [3.8, 4) is 0 Å². The number of nitrogens with zero attached hydrogens (tertiary/aromatic N) is 4. The maximum Gasteiger partial charge on any atom is 0.412 e. The van der Waals surface area contributed by atoms with Crippen LogP contribution in [-0.4, -0.2) is 58.1 Å². The molecule has 0 aromatic carbocycles. The number of ether oxygens (including phenoxy) is 1. The molecule has 1 aromatic rings. The van der Waals surface area contributed by atoms with Crippen molar-refractivity contribution in [2.45, 2.75) is 19.0 Å². The Bertz CT molecular complexity index is 474. The molecule has 1 aliphatic heterocycles. The zero-order valence-corrected chi connectivity index (χ0v) is 10.6. The molecule has 2 rings (SSSR count). The largest absolute Gasteiger partial charge is 0.453 e. The van der Waals surface area contributed by atoms with Crippen molar-refractivity contribution in [3.63, 3.8) is 0 Å². The van der Waals surface area contributed by atoms with Crippen LogP contribution in [-0.2, 0) is 16.1 Å². The highest BCUT2D eigenvalue weighted by atomic mass is 16.5. The average molecular weight is 268 g/mol. The molecular weight excluding hydrogens is 252 g/mol. The Morgan fingerprint density at radius 3 is 3.05 bits per heavy atom. The number of carbonyl (C=O) groups excluding carboxylic acids is 2. The molecule has 2 amide bonds. The summed E-state index contributed by atoms with van der Waals surface area (Å²) >= 11 is 0. The van der Waals surface area contributed by atoms with Crippen molar-refractivity contribution < 1.29 is 14.3 Å². The van der Waals surface area contributed by atoms with Gasteiger partial charge in [-0.2, -0.15) is 9.90 Å². The van der Waals surface area contributed by atoms with Crippen molar-refractivity contribution in [2.24, 2.45) is 5.73 Å². The third-order valence-electron chi connectivity index (χ3n) is 2.81. The first-order chi connectivity index (χ1) is 9.08. The number of hydrogen-bond acceptors (Lipinski definition) is 6. The van der Waals surface area contributed by atoms with Gasteiger partial charge in [0.25, 0.3) is 0 Å². The molecule has 19 heavy (non-hydrogen) atoms. The summed E-state index contributed by atoms with van der Waals surface area (Å²) in [5.74, 6) is 0.144. The molecule has 2 heterocycles. The highest BCUT2D eigenvalue weighted by molar-refractivity contribution is 5.82. The second-order valence-corrected chi connectivity index (χ2v) is 4.27. The summed E-state index contributed by atoms with van der Waals surface area (Å²) in [5.41, 5.74) is 5.74. The molecule has 104 valence electrons. The Morgan fingerprint density at radius 2 is 2.42 bits per heavy atom. The summed E-state index contributed by atoms with van der Waals surface area (Å²) in [6.07, 6.45) is 1.52. The molecule has 1 fully saturated rings. The van der Waals surface area contributed by atoms with Crippen LogP contribution in [0.15, 0.2) is 6.20 Å². The summed E-state index contributed by atoms with van der Waals surface area (Å²) in [4.78, 5) is 25.8. The van der Waals surface area contributed by atoms with E-state index in [0.717, 1.165) is 6.42 Å². The molecule has 1 aromatic heterocycles. The van der Waals surface area contributed by atoms with E-state index < -0.39 is 6.09 Å². The first kappa shape index (κ1) is 13.3. The van der Waals surface area contributed by atoms with E-state index in [-0.39, 0.29) is 24.3 Å². The third-order valence-corrected chi connectivity index (χ3v) is 2.81. The highest BCUT2D eigenvalue weighted by Gasteiger charge is 2.24. The van der Waals surface area contributed by atoms with Crippen LogP contribution < -0.4 is 11.1 Å². The number of nitrogens with two attached hydrogens (primary N) is 1. The fourth-order valence-electron chi connectivity index (χ4n) is 1.82. The zero-order chi connectivity index (χ0) is 13.8. The van der Waals surface area contributed by atoms with Crippen LogP contribution in [0.2, 0.25) is 0 Å². The van der Waals surface area contributed by atoms with E-state index >= 15 is 0 Å². The number of aromatic nitrogens is 3. The lowest BCUT2D eigenvalue weighted by Gasteiger charge is -2.14. The molecule has 0 bridgehead atoms. The minimum Gasteiger partial charge on any atom is -0.453 e. The molecule has 0 saturated carbocycles. The van der Waals surface area contributed by atoms with Crippen LogP contribution in [0.5, 0.6) is 0 Å². The van der Waals surface area contributed by atoms with Gasteiger partial charge in [0.15, 0.2) is 5.82 Å². The van der Waals surface area contributed by atoms with Gasteiger partial charge < -0.3 is 15.4 Å². The number of nitrogens with one attached hydrogen (secondary N) is 1. The number of amides is 2. The molecule has 9 heteroatoms. The lowest BCUT2D eigenvalue weighted by atomic mass is 10.3. The third kappa shape index (κ3) is 3.41. The average Bonchev–Trinajstić information content (AvgIpc) is 2.98. The van der Waals surface area contributed by atoms with E-state index in [9.17, 15) is 9.59 Å². The zero-order valence-electron chi connectivity index (χ0n) is 10.6. The monoisotopic (exact) mass is 268 g/mol. The van der Waals surface area contributed by atoms with Crippen LogP contribution in [0.4, 0.5) is 10.6 Å². The van der Waals surface area contributed by atoms with E-state index in [0.29, 0.717) is 13.1 Å². The number of anilines is 1. The van der Waals surface area contributed by atoms with E-state index in [1.165, 1.54) is 18.1 Å². The molecule has 0 spiro atoms. The van der Waals surface area contributed by atoms with E-state index in [4.69, 9.17) is 5.73 Å². The van der Waals surface area contributed by atoms with E-state index in [2.05, 4.69) is 20.3 Å². The topological polar surface area (TPSA) is 115 Å². The smallest absolute Gasteiger partial charge is 0.412 e. The summed E-state index contributed by atoms with van der Waals surface area (Å²) < 4.78 is 4.42. The van der Waals surface area contributed by atoms with Crippen molar-refractivity contribution in [2.75, 3.05) is 25.5 Å². The van der Waals surface area contributed by atoms with Gasteiger partial charge in [0.1, 0.15) is 6.54 Å². The maximum absolute atomic E-state index is 11.9. The standard InChI is InChI=1S/C10H16N6O3/c1-19-10(18)13-8-4-12-16(14-8)6-9(17)15-3-2-7(11)5-15/h4,7H,2-3,5-6,11H2,1H3,(H,13,14,18). The van der Waals surface area contributed by atoms with Crippen LogP contribution in [0.3, 0.4) is 0 Å². The van der Waals surface area contributed by atoms with Crippen molar-refractivity contribution in [1.29, 1.82) is 0 Å². The van der Waals surface area contributed by atoms with Crippen molar-refractivity contribution in [1.82, 2.24) is 19.9 Å². The molecule has 1 aliphatic rings. The predicted molar refractivity (Wildman–Crippen MR) is 65.2 cm³/mol. The van der Waals surface area contributed by atoms with Gasteiger partial charge in [-0.15, -0.1) is 5.10 Å². The van der Waals surface area contributed by atoms with Crippen LogP contribution in [0, 0.1) is 0 Å². The Labute approximate surface area is 109 Å². The summed E-state index contributed by atoms with van der Waals surface area (Å²) in [6.45, 7) is 1.25. The molecule has 9 nitrogen and oxygen atoms in total. The maximum atomic E-state index is 11.9. The normalized spacial score (nSPS) is 18.4. The summed E-state index contributed by atoms with van der Waals surface area (Å²) in [6, 6.07) is 0.0473. The Balaban J connectivity index is 1.89. The van der Waals surface area contributed by atoms with Gasteiger partial charge in [-0.3, -0.25) is 10.1 Å². The van der Waals surface area contributed by atoms with Gasteiger partial charge in [-0.1, -0.05) is 0 Å². The molecular formula is C10H16N6O3. The molecule has 3 N–H and O–H groups in total. The van der Waals surface area contributed by atoms with Crippen molar-refractivity contribution >= 4 is 17.8 Å². The molecule has 1 atom stereocenters. The van der Waals surface area contributed by atoms with E-state index in [1.54, 1.807) is 4.90 Å². The van der Waals surface area contributed by atoms with Gasteiger partial charge in [-0.05, 0) is 6.42 Å². The van der Waals surface area contributed by atoms with Gasteiger partial charge in [0.2, 0.25) is 5.91 Å². The van der Waals surface area contributed by atoms with Crippen LogP contribution in [0.25, 0.3) is 0 Å². The van der Waals surface area contributed by atoms with E-state index in [1.807, 2.05) is 0 Å². The molecule has 0 radical (unpaired) electrons. The van der Waals surface area contributed by atoms with Gasteiger partial charge in [0, 0.05) is 19.1 Å². The second kappa shape index (κ2) is 5.65.